The maximum absolute atomic E-state index is 12.4. The van der Waals surface area contributed by atoms with Gasteiger partial charge in [0.1, 0.15) is 0 Å². The van der Waals surface area contributed by atoms with E-state index < -0.39 is 0 Å². The summed E-state index contributed by atoms with van der Waals surface area (Å²) in [5.41, 5.74) is 0. The zero-order valence-electron chi connectivity index (χ0n) is 13.6. The van der Waals surface area contributed by atoms with Crippen molar-refractivity contribution in [3.8, 4) is 0 Å². The van der Waals surface area contributed by atoms with E-state index in [0.29, 0.717) is 25.4 Å². The number of nitrogens with one attached hydrogen (secondary N) is 1. The fourth-order valence-electron chi connectivity index (χ4n) is 4.08. The van der Waals surface area contributed by atoms with E-state index in [1.807, 2.05) is 9.80 Å². The van der Waals surface area contributed by atoms with Crippen molar-refractivity contribution in [1.82, 2.24) is 15.1 Å². The van der Waals surface area contributed by atoms with Gasteiger partial charge in [0, 0.05) is 39.1 Å². The molecule has 3 rings (SSSR count). The smallest absolute Gasteiger partial charge is 0.227 e. The maximum atomic E-state index is 12.4. The Labute approximate surface area is 133 Å². The zero-order valence-corrected chi connectivity index (χ0v) is 13.6. The summed E-state index contributed by atoms with van der Waals surface area (Å²) in [4.78, 5) is 28.6. The molecule has 0 aromatic heterocycles. The number of piperazine rings is 1. The molecule has 124 valence electrons. The number of hydrogen-bond acceptors (Lipinski definition) is 3. The molecule has 2 aliphatic heterocycles. The Balaban J connectivity index is 1.38. The third kappa shape index (κ3) is 3.80. The summed E-state index contributed by atoms with van der Waals surface area (Å²) < 4.78 is 0. The van der Waals surface area contributed by atoms with Crippen molar-refractivity contribution in [2.24, 2.45) is 11.8 Å². The molecule has 1 unspecified atom stereocenters. The Bertz CT molecular complexity index is 393. The second-order valence-electron chi connectivity index (χ2n) is 7.08. The largest absolute Gasteiger partial charge is 0.339 e. The Hall–Kier alpha value is -1.10. The van der Waals surface area contributed by atoms with Crippen molar-refractivity contribution in [2.45, 2.75) is 44.9 Å². The standard InChI is InChI=1S/C17H29N3O2/c21-16(6-5-14-3-1-2-4-14)19-9-11-20(12-10-19)17(22)15-7-8-18-13-15/h14-15,18H,1-13H2. The molecule has 1 N–H and O–H groups in total. The second-order valence-corrected chi connectivity index (χ2v) is 7.08. The van der Waals surface area contributed by atoms with Crippen LogP contribution in [0.1, 0.15) is 44.9 Å². The minimum Gasteiger partial charge on any atom is -0.339 e. The molecule has 2 saturated heterocycles. The van der Waals surface area contributed by atoms with Crippen LogP contribution in [0.15, 0.2) is 0 Å². The van der Waals surface area contributed by atoms with Gasteiger partial charge in [0.25, 0.3) is 0 Å². The third-order valence-corrected chi connectivity index (χ3v) is 5.59. The lowest BCUT2D eigenvalue weighted by atomic mass is 10.0. The lowest BCUT2D eigenvalue weighted by molar-refractivity contribution is -0.141. The first-order chi connectivity index (χ1) is 10.7. The predicted octanol–water partition coefficient (Wildman–Crippen LogP) is 1.24. The number of carbonyl (C=O) groups excluding carboxylic acids is 2. The van der Waals surface area contributed by atoms with Gasteiger partial charge in [0.2, 0.25) is 11.8 Å². The zero-order chi connectivity index (χ0) is 15.4. The highest BCUT2D eigenvalue weighted by atomic mass is 16.2. The van der Waals surface area contributed by atoms with E-state index in [2.05, 4.69) is 5.32 Å². The highest BCUT2D eigenvalue weighted by Crippen LogP contribution is 2.28. The average Bonchev–Trinajstić information content (AvgIpc) is 3.25. The summed E-state index contributed by atoms with van der Waals surface area (Å²) in [7, 11) is 0. The molecule has 2 amide bonds. The van der Waals surface area contributed by atoms with Crippen molar-refractivity contribution in [2.75, 3.05) is 39.3 Å². The van der Waals surface area contributed by atoms with Gasteiger partial charge in [-0.2, -0.15) is 0 Å². The molecule has 0 radical (unpaired) electrons. The van der Waals surface area contributed by atoms with Crippen LogP contribution in [-0.2, 0) is 9.59 Å². The first-order valence-corrected chi connectivity index (χ1v) is 9.01. The van der Waals surface area contributed by atoms with Gasteiger partial charge in [0.05, 0.1) is 5.92 Å². The summed E-state index contributed by atoms with van der Waals surface area (Å²) in [6, 6.07) is 0. The first-order valence-electron chi connectivity index (χ1n) is 9.01. The molecule has 2 heterocycles. The van der Waals surface area contributed by atoms with Crippen LogP contribution in [0.3, 0.4) is 0 Å². The number of hydrogen-bond donors (Lipinski definition) is 1. The summed E-state index contributed by atoms with van der Waals surface area (Å²) in [6.45, 7) is 4.63. The Morgan fingerprint density at radius 2 is 1.64 bits per heavy atom. The molecule has 1 aliphatic carbocycles. The Kier molecular flexibility index (Phi) is 5.34. The van der Waals surface area contributed by atoms with Gasteiger partial charge in [-0.1, -0.05) is 25.7 Å². The third-order valence-electron chi connectivity index (χ3n) is 5.59. The van der Waals surface area contributed by atoms with Crippen molar-refractivity contribution in [3.63, 3.8) is 0 Å². The van der Waals surface area contributed by atoms with E-state index in [1.165, 1.54) is 25.7 Å². The SMILES string of the molecule is O=C(CCC1CCCC1)N1CCN(C(=O)C2CCNC2)CC1. The highest BCUT2D eigenvalue weighted by Gasteiger charge is 2.30. The van der Waals surface area contributed by atoms with Gasteiger partial charge in [-0.15, -0.1) is 0 Å². The Morgan fingerprint density at radius 3 is 2.27 bits per heavy atom. The van der Waals surface area contributed by atoms with Crippen LogP contribution in [-0.4, -0.2) is 60.9 Å². The van der Waals surface area contributed by atoms with Gasteiger partial charge in [-0.3, -0.25) is 9.59 Å². The monoisotopic (exact) mass is 307 g/mol. The Morgan fingerprint density at radius 1 is 0.955 bits per heavy atom. The van der Waals surface area contributed by atoms with E-state index in [9.17, 15) is 9.59 Å². The average molecular weight is 307 g/mol. The molecule has 5 nitrogen and oxygen atoms in total. The van der Waals surface area contributed by atoms with Crippen LogP contribution in [0.2, 0.25) is 0 Å². The summed E-state index contributed by atoms with van der Waals surface area (Å²) in [5.74, 6) is 1.51. The molecule has 5 heteroatoms. The molecule has 0 bridgehead atoms. The van der Waals surface area contributed by atoms with Gasteiger partial charge < -0.3 is 15.1 Å². The van der Waals surface area contributed by atoms with Crippen LogP contribution in [0.25, 0.3) is 0 Å². The molecule has 0 spiro atoms. The molecule has 1 atom stereocenters. The number of rotatable bonds is 4. The molecule has 3 aliphatic rings. The summed E-state index contributed by atoms with van der Waals surface area (Å²) >= 11 is 0. The summed E-state index contributed by atoms with van der Waals surface area (Å²) in [5, 5.41) is 3.25. The van der Waals surface area contributed by atoms with Crippen molar-refractivity contribution >= 4 is 11.8 Å². The molecular formula is C17H29N3O2. The molecule has 22 heavy (non-hydrogen) atoms. The molecule has 3 fully saturated rings. The lowest BCUT2D eigenvalue weighted by Crippen LogP contribution is -2.52. The van der Waals surface area contributed by atoms with Gasteiger partial charge >= 0.3 is 0 Å². The molecule has 1 saturated carbocycles. The van der Waals surface area contributed by atoms with Crippen LogP contribution in [0, 0.1) is 11.8 Å². The fraction of sp³-hybridized carbons (Fsp3) is 0.882. The van der Waals surface area contributed by atoms with E-state index in [-0.39, 0.29) is 11.8 Å². The van der Waals surface area contributed by atoms with Crippen LogP contribution in [0.4, 0.5) is 0 Å². The maximum Gasteiger partial charge on any atom is 0.227 e. The van der Waals surface area contributed by atoms with Crippen LogP contribution < -0.4 is 5.32 Å². The fourth-order valence-corrected chi connectivity index (χ4v) is 4.08. The molecule has 0 aromatic rings. The summed E-state index contributed by atoms with van der Waals surface area (Å²) in [6.07, 6.45) is 8.03. The normalized spacial score (nSPS) is 26.6. The van der Waals surface area contributed by atoms with Gasteiger partial charge in [-0.05, 0) is 25.3 Å². The van der Waals surface area contributed by atoms with E-state index in [0.717, 1.165) is 44.9 Å². The number of carbonyl (C=O) groups is 2. The van der Waals surface area contributed by atoms with E-state index in [1.54, 1.807) is 0 Å². The van der Waals surface area contributed by atoms with E-state index in [4.69, 9.17) is 0 Å². The van der Waals surface area contributed by atoms with Crippen LogP contribution >= 0.6 is 0 Å². The molecule has 0 aromatic carbocycles. The number of nitrogens with zero attached hydrogens (tertiary/aromatic N) is 2. The second kappa shape index (κ2) is 7.44. The molecular weight excluding hydrogens is 278 g/mol. The quantitative estimate of drug-likeness (QED) is 0.850. The minimum absolute atomic E-state index is 0.157. The predicted molar refractivity (Wildman–Crippen MR) is 85.3 cm³/mol. The van der Waals surface area contributed by atoms with Crippen molar-refractivity contribution < 1.29 is 9.59 Å². The number of amides is 2. The highest BCUT2D eigenvalue weighted by molar-refractivity contribution is 5.80. The minimum atomic E-state index is 0.157. The van der Waals surface area contributed by atoms with E-state index >= 15 is 0 Å². The van der Waals surface area contributed by atoms with Crippen molar-refractivity contribution in [3.05, 3.63) is 0 Å². The topological polar surface area (TPSA) is 52.7 Å². The first kappa shape index (κ1) is 15.8. The van der Waals surface area contributed by atoms with Crippen molar-refractivity contribution in [1.29, 1.82) is 0 Å². The lowest BCUT2D eigenvalue weighted by Gasteiger charge is -2.36. The van der Waals surface area contributed by atoms with Gasteiger partial charge in [0.15, 0.2) is 0 Å². The van der Waals surface area contributed by atoms with Crippen LogP contribution in [0.5, 0.6) is 0 Å². The van der Waals surface area contributed by atoms with Gasteiger partial charge in [-0.25, -0.2) is 0 Å².